The first-order chi connectivity index (χ1) is 15.5. The summed E-state index contributed by atoms with van der Waals surface area (Å²) in [5, 5.41) is 9.44. The molecule has 5 heteroatoms. The van der Waals surface area contributed by atoms with Crippen LogP contribution in [0.5, 0.6) is 0 Å². The monoisotopic (exact) mass is 544 g/mol. The van der Waals surface area contributed by atoms with E-state index in [2.05, 4.69) is 51.2 Å². The summed E-state index contributed by atoms with van der Waals surface area (Å²) in [5.74, 6) is -0.660. The van der Waals surface area contributed by atoms with Gasteiger partial charge >= 0.3 is 199 Å². The van der Waals surface area contributed by atoms with E-state index in [0.717, 1.165) is 29.7 Å². The second-order valence-electron chi connectivity index (χ2n) is 9.84. The molecule has 0 aliphatic heterocycles. The van der Waals surface area contributed by atoms with E-state index in [-0.39, 0.29) is 0 Å². The fraction of sp³-hybridized carbons (Fsp3) is 0.593. The molecule has 1 N–H and O–H groups in total. The first-order valence-electron chi connectivity index (χ1n) is 12.6. The van der Waals surface area contributed by atoms with E-state index in [4.69, 9.17) is 9.97 Å². The number of unbranched alkanes of at least 4 members (excludes halogenated alkanes) is 3. The van der Waals surface area contributed by atoms with Crippen molar-refractivity contribution in [3.05, 3.63) is 42.2 Å². The van der Waals surface area contributed by atoms with Crippen molar-refractivity contribution in [3.8, 4) is 11.3 Å². The number of carboxylic acid groups (broad SMARTS) is 1. The Morgan fingerprint density at radius 2 is 1.47 bits per heavy atom. The molecule has 0 unspecified atom stereocenters. The Hall–Kier alpha value is -1.43. The summed E-state index contributed by atoms with van der Waals surface area (Å²) in [5.41, 5.74) is 2.55. The van der Waals surface area contributed by atoms with Crippen LogP contribution in [0.15, 0.2) is 36.7 Å². The van der Waals surface area contributed by atoms with Crippen LogP contribution in [-0.2, 0) is 11.2 Å². The zero-order valence-electron chi connectivity index (χ0n) is 20.2. The number of nitrogens with zero attached hydrogens (tertiary/aromatic N) is 2. The molecule has 2 aromatic rings. The van der Waals surface area contributed by atoms with Gasteiger partial charge in [-0.15, -0.1) is 0 Å². The molecule has 1 aliphatic rings. The molecule has 4 nitrogen and oxygen atoms in total. The van der Waals surface area contributed by atoms with Crippen LogP contribution in [0.1, 0.15) is 77.7 Å². The Balaban J connectivity index is 1.78. The van der Waals surface area contributed by atoms with Gasteiger partial charge in [0.1, 0.15) is 0 Å². The molecule has 32 heavy (non-hydrogen) atoms. The van der Waals surface area contributed by atoms with Crippen LogP contribution in [0.3, 0.4) is 0 Å². The van der Waals surface area contributed by atoms with Crippen molar-refractivity contribution in [3.63, 3.8) is 0 Å². The minimum absolute atomic E-state index is 0.519. The molecule has 1 aliphatic carbocycles. The summed E-state index contributed by atoms with van der Waals surface area (Å²) in [4.78, 5) is 21.4. The number of carboxylic acids is 1. The Morgan fingerprint density at radius 3 is 1.88 bits per heavy atom. The fourth-order valence-electron chi connectivity index (χ4n) is 4.86. The predicted molar refractivity (Wildman–Crippen MR) is 135 cm³/mol. The SMILES string of the molecule is CCC[CH2][Sn]([CH2]CCC)([CH2]CCC)[c]1cnc(-c2ccc(CC3(C(=O)O)CC3)cc2)cn1. The molecule has 1 aromatic heterocycles. The van der Waals surface area contributed by atoms with Crippen molar-refractivity contribution in [2.24, 2.45) is 5.41 Å². The first-order valence-corrected chi connectivity index (χ1v) is 20.1. The van der Waals surface area contributed by atoms with E-state index in [1.54, 1.807) is 0 Å². The third-order valence-electron chi connectivity index (χ3n) is 7.32. The third kappa shape index (κ3) is 6.12. The Labute approximate surface area is 198 Å². The van der Waals surface area contributed by atoms with Crippen molar-refractivity contribution in [2.75, 3.05) is 0 Å². The maximum absolute atomic E-state index is 11.5. The number of carbonyl (C=O) groups is 1. The summed E-state index contributed by atoms with van der Waals surface area (Å²) in [6.07, 6.45) is 14.1. The number of aromatic nitrogens is 2. The van der Waals surface area contributed by atoms with Crippen LogP contribution in [-0.4, -0.2) is 39.4 Å². The fourth-order valence-corrected chi connectivity index (χ4v) is 19.9. The zero-order chi connectivity index (χ0) is 23.0. The van der Waals surface area contributed by atoms with Gasteiger partial charge in [-0.05, 0) is 0 Å². The van der Waals surface area contributed by atoms with Crippen molar-refractivity contribution in [2.45, 2.75) is 91.9 Å². The second-order valence-corrected chi connectivity index (χ2v) is 22.9. The van der Waals surface area contributed by atoms with E-state index in [9.17, 15) is 9.90 Å². The predicted octanol–water partition coefficient (Wildman–Crippen LogP) is 6.61. The Kier molecular flexibility index (Phi) is 9.15. The van der Waals surface area contributed by atoms with Crippen LogP contribution in [0.2, 0.25) is 13.3 Å². The standard InChI is InChI=1S/C15H13N2O2.3C4H9.Sn/c18-14(19)15(5-6-15)9-11-1-3-12(4-2-11)13-10-16-7-8-17-13;3*1-3-4-2;/h1-4,8,10H,5-6,9H2,(H,18,19);3*1,3-4H2,2H3;. The van der Waals surface area contributed by atoms with Gasteiger partial charge in [0, 0.05) is 0 Å². The van der Waals surface area contributed by atoms with Crippen molar-refractivity contribution < 1.29 is 9.90 Å². The van der Waals surface area contributed by atoms with Crippen LogP contribution in [0, 0.1) is 5.41 Å². The van der Waals surface area contributed by atoms with Crippen LogP contribution < -0.4 is 3.71 Å². The van der Waals surface area contributed by atoms with Crippen molar-refractivity contribution in [1.29, 1.82) is 0 Å². The summed E-state index contributed by atoms with van der Waals surface area (Å²) in [6, 6.07) is 8.25. The summed E-state index contributed by atoms with van der Waals surface area (Å²) < 4.78 is 5.57. The van der Waals surface area contributed by atoms with Gasteiger partial charge in [0.15, 0.2) is 0 Å². The normalized spacial score (nSPS) is 15.0. The van der Waals surface area contributed by atoms with E-state index in [1.807, 2.05) is 6.20 Å². The van der Waals surface area contributed by atoms with Gasteiger partial charge in [0.05, 0.1) is 0 Å². The number of rotatable bonds is 14. The molecule has 0 radical (unpaired) electrons. The quantitative estimate of drug-likeness (QED) is 0.273. The minimum atomic E-state index is -2.53. The Bertz CT molecular complexity index is 838. The van der Waals surface area contributed by atoms with Gasteiger partial charge in [-0.2, -0.15) is 0 Å². The van der Waals surface area contributed by atoms with Crippen LogP contribution in [0.25, 0.3) is 11.3 Å². The van der Waals surface area contributed by atoms with Gasteiger partial charge in [-0.3, -0.25) is 0 Å². The molecule has 1 aromatic carbocycles. The van der Waals surface area contributed by atoms with Gasteiger partial charge in [-0.1, -0.05) is 0 Å². The van der Waals surface area contributed by atoms with Gasteiger partial charge in [-0.25, -0.2) is 0 Å². The Morgan fingerprint density at radius 1 is 0.906 bits per heavy atom. The first kappa shape index (κ1) is 25.2. The molecule has 1 heterocycles. The molecular weight excluding hydrogens is 503 g/mol. The average molecular weight is 543 g/mol. The van der Waals surface area contributed by atoms with Gasteiger partial charge in [0.2, 0.25) is 0 Å². The number of aliphatic carboxylic acids is 1. The molecule has 1 saturated carbocycles. The molecule has 0 saturated heterocycles. The summed E-state index contributed by atoms with van der Waals surface area (Å²) in [7, 11) is 0. The molecule has 0 atom stereocenters. The molecule has 0 bridgehead atoms. The van der Waals surface area contributed by atoms with Gasteiger partial charge < -0.3 is 0 Å². The molecule has 3 rings (SSSR count). The molecule has 1 fully saturated rings. The molecule has 174 valence electrons. The number of hydrogen-bond acceptors (Lipinski definition) is 3. The van der Waals surface area contributed by atoms with E-state index in [0.29, 0.717) is 6.42 Å². The van der Waals surface area contributed by atoms with Crippen LogP contribution >= 0.6 is 0 Å². The second kappa shape index (κ2) is 11.6. The van der Waals surface area contributed by atoms with Crippen molar-refractivity contribution in [1.82, 2.24) is 9.97 Å². The third-order valence-corrected chi connectivity index (χ3v) is 22.4. The molecule has 0 spiro atoms. The van der Waals surface area contributed by atoms with Crippen molar-refractivity contribution >= 4 is 28.1 Å². The van der Waals surface area contributed by atoms with Gasteiger partial charge in [0.25, 0.3) is 0 Å². The topological polar surface area (TPSA) is 63.1 Å². The average Bonchev–Trinajstić information content (AvgIpc) is 3.60. The zero-order valence-corrected chi connectivity index (χ0v) is 23.1. The molecule has 0 amide bonds. The molecular formula is C27H40N2O2Sn. The maximum atomic E-state index is 11.5. The number of benzene rings is 1. The van der Waals surface area contributed by atoms with Crippen LogP contribution in [0.4, 0.5) is 0 Å². The van der Waals surface area contributed by atoms with E-state index in [1.165, 1.54) is 55.5 Å². The number of hydrogen-bond donors (Lipinski definition) is 1. The van der Waals surface area contributed by atoms with E-state index < -0.39 is 29.8 Å². The van der Waals surface area contributed by atoms with E-state index >= 15 is 0 Å². The summed E-state index contributed by atoms with van der Waals surface area (Å²) in [6.45, 7) is 6.91. The summed E-state index contributed by atoms with van der Waals surface area (Å²) >= 11 is -2.53.